The second-order valence-corrected chi connectivity index (χ2v) is 16.0. The van der Waals surface area contributed by atoms with Gasteiger partial charge in [0.1, 0.15) is 17.4 Å². The van der Waals surface area contributed by atoms with Crippen molar-refractivity contribution in [2.75, 3.05) is 31.1 Å². The molecule has 0 aliphatic carbocycles. The molecule has 0 saturated heterocycles. The van der Waals surface area contributed by atoms with E-state index in [2.05, 4.69) is 51.7 Å². The smallest absolute Gasteiger partial charge is 0.318 e. The summed E-state index contributed by atoms with van der Waals surface area (Å²) in [5.41, 5.74) is 10.6. The maximum absolute atomic E-state index is 15.5. The third-order valence-corrected chi connectivity index (χ3v) is 11.3. The molecule has 0 radical (unpaired) electrons. The molecule has 0 saturated carbocycles. The fraction of sp³-hybridized carbons (Fsp3) is 0.511. The lowest BCUT2D eigenvalue weighted by Crippen LogP contribution is -2.38. The number of benzene rings is 3. The molecule has 1 aromatic heterocycles. The van der Waals surface area contributed by atoms with Gasteiger partial charge in [-0.25, -0.2) is 4.39 Å². The van der Waals surface area contributed by atoms with E-state index in [-0.39, 0.29) is 28.9 Å². The van der Waals surface area contributed by atoms with Crippen LogP contribution in [0.3, 0.4) is 0 Å². The number of allylic oxidation sites excluding steroid dienone is 1. The first-order valence-electron chi connectivity index (χ1n) is 20.2. The molecule has 0 amide bonds. The second kappa shape index (κ2) is 16.9. The highest BCUT2D eigenvalue weighted by molar-refractivity contribution is 6.04. The molecule has 3 heterocycles. The van der Waals surface area contributed by atoms with Crippen LogP contribution in [0, 0.1) is 17.2 Å². The number of rotatable bonds is 14. The predicted octanol–water partition coefficient (Wildman–Crippen LogP) is 8.96. The van der Waals surface area contributed by atoms with Crippen molar-refractivity contribution in [2.24, 2.45) is 27.1 Å². The van der Waals surface area contributed by atoms with Crippen LogP contribution in [0.25, 0.3) is 38.9 Å². The number of hydrogen-bond acceptors (Lipinski definition) is 8. The average molecular weight is 735 g/mol. The van der Waals surface area contributed by atoms with Crippen molar-refractivity contribution in [3.63, 3.8) is 0 Å². The molecule has 2 aliphatic heterocycles. The Kier molecular flexibility index (Phi) is 12.2. The quantitative estimate of drug-likeness (QED) is 0.125. The van der Waals surface area contributed by atoms with Gasteiger partial charge in [0.25, 0.3) is 0 Å². The van der Waals surface area contributed by atoms with Crippen molar-refractivity contribution in [2.45, 2.75) is 112 Å². The molecule has 3 unspecified atom stereocenters. The molecular weight excluding hydrogens is 676 g/mol. The van der Waals surface area contributed by atoms with Crippen molar-refractivity contribution in [1.29, 1.82) is 0 Å². The number of aromatic hydroxyl groups is 1. The van der Waals surface area contributed by atoms with Gasteiger partial charge in [0, 0.05) is 35.0 Å². The van der Waals surface area contributed by atoms with E-state index in [0.717, 1.165) is 100.0 Å². The highest BCUT2D eigenvalue weighted by Crippen LogP contribution is 2.38. The fourth-order valence-electron chi connectivity index (χ4n) is 8.11. The minimum atomic E-state index is -0.261. The number of hydrogen-bond donors (Lipinski definition) is 2. The highest BCUT2D eigenvalue weighted by Gasteiger charge is 2.28. The molecule has 8 nitrogen and oxygen atoms in total. The van der Waals surface area contributed by atoms with Crippen LogP contribution in [-0.4, -0.2) is 53.1 Å². The zero-order chi connectivity index (χ0) is 38.6. The Hall–Kier alpha value is -4.53. The van der Waals surface area contributed by atoms with Gasteiger partial charge in [0.2, 0.25) is 0 Å². The molecule has 6 rings (SSSR count). The number of fused-ring (bicyclic) bond motifs is 4. The largest absolute Gasteiger partial charge is 0.508 e. The van der Waals surface area contributed by atoms with Gasteiger partial charge >= 0.3 is 6.01 Å². The van der Waals surface area contributed by atoms with Gasteiger partial charge in [0.15, 0.2) is 0 Å². The summed E-state index contributed by atoms with van der Waals surface area (Å²) >= 11 is 0. The molecule has 54 heavy (non-hydrogen) atoms. The first-order chi connectivity index (χ1) is 25.9. The summed E-state index contributed by atoms with van der Waals surface area (Å²) in [6.45, 7) is 17.5. The van der Waals surface area contributed by atoms with Gasteiger partial charge in [-0.05, 0) is 97.7 Å². The standard InChI is InChI=1S/C45H59FN6O2/c1-8-11-13-18-45(7,17-12-9-2)27-54-44-50-39-25-36(35-24-33(53)23-31-15-16-38(46)34(10-3)40(31)35)42-37(21-28(4)30(6)49-42)41(39)43(51-44)52-20-14-19-48-32(26-52)22-29(5)47/h15-16,21-25,28,30,53H,8-14,17-20,26-27,47H2,1-7H3/b29-22-. The third-order valence-electron chi connectivity index (χ3n) is 11.3. The Morgan fingerprint density at radius 2 is 1.81 bits per heavy atom. The SMILES string of the molecule is CCCCCC(C)(CCCC)COc1nc(N2CCCN=C(/C=C(/C)N)C2)c2c3c(c(-c4cc(O)cc5ccc(F)c(CC)c45)cc2n1)=NC(C)C(C)C=3. The van der Waals surface area contributed by atoms with Gasteiger partial charge in [-0.1, -0.05) is 78.9 Å². The lowest BCUT2D eigenvalue weighted by Gasteiger charge is -2.30. The van der Waals surface area contributed by atoms with Gasteiger partial charge in [-0.15, -0.1) is 0 Å². The molecule has 4 aromatic rings. The predicted molar refractivity (Wildman–Crippen MR) is 222 cm³/mol. The Labute approximate surface area is 320 Å². The number of aryl methyl sites for hydroxylation is 1. The fourth-order valence-corrected chi connectivity index (χ4v) is 8.11. The van der Waals surface area contributed by atoms with Crippen molar-refractivity contribution in [3.8, 4) is 22.9 Å². The van der Waals surface area contributed by atoms with E-state index >= 15 is 4.39 Å². The van der Waals surface area contributed by atoms with Gasteiger partial charge in [-0.3, -0.25) is 9.98 Å². The number of anilines is 1. The topological polar surface area (TPSA) is 109 Å². The third kappa shape index (κ3) is 8.40. The van der Waals surface area contributed by atoms with E-state index in [0.29, 0.717) is 43.4 Å². The zero-order valence-corrected chi connectivity index (χ0v) is 33.4. The summed E-state index contributed by atoms with van der Waals surface area (Å²) in [5.74, 6) is 0.785. The summed E-state index contributed by atoms with van der Waals surface area (Å²) in [5, 5.41) is 15.3. The highest BCUT2D eigenvalue weighted by atomic mass is 19.1. The monoisotopic (exact) mass is 734 g/mol. The van der Waals surface area contributed by atoms with E-state index in [1.165, 1.54) is 18.9 Å². The first kappa shape index (κ1) is 39.2. The molecule has 2 aliphatic rings. The molecule has 3 aromatic carbocycles. The average Bonchev–Trinajstić information content (AvgIpc) is 3.38. The van der Waals surface area contributed by atoms with E-state index in [1.807, 2.05) is 19.9 Å². The molecule has 3 N–H and O–H groups in total. The van der Waals surface area contributed by atoms with Crippen molar-refractivity contribution in [1.82, 2.24) is 9.97 Å². The van der Waals surface area contributed by atoms with Crippen LogP contribution in [0.15, 0.2) is 52.1 Å². The van der Waals surface area contributed by atoms with Crippen LogP contribution >= 0.6 is 0 Å². The number of halogens is 1. The maximum Gasteiger partial charge on any atom is 0.318 e. The lowest BCUT2D eigenvalue weighted by molar-refractivity contribution is 0.126. The Balaban J connectivity index is 1.63. The van der Waals surface area contributed by atoms with E-state index in [1.54, 1.807) is 18.2 Å². The first-order valence-corrected chi connectivity index (χ1v) is 20.2. The summed E-state index contributed by atoms with van der Waals surface area (Å²) < 4.78 is 22.2. The van der Waals surface area contributed by atoms with Gasteiger partial charge in [0.05, 0.1) is 41.2 Å². The number of phenols is 1. The van der Waals surface area contributed by atoms with Crippen molar-refractivity contribution >= 4 is 39.3 Å². The number of ether oxygens (including phenoxy) is 1. The van der Waals surface area contributed by atoms with Crippen LogP contribution in [0.4, 0.5) is 10.2 Å². The number of nitrogens with two attached hydrogens (primary N) is 1. The van der Waals surface area contributed by atoms with Crippen molar-refractivity contribution in [3.05, 3.63) is 64.1 Å². The molecule has 288 valence electrons. The van der Waals surface area contributed by atoms with Crippen LogP contribution in [-0.2, 0) is 6.42 Å². The number of aromatic nitrogens is 2. The van der Waals surface area contributed by atoms with E-state index in [4.69, 9.17) is 30.4 Å². The summed E-state index contributed by atoms with van der Waals surface area (Å²) in [7, 11) is 0. The summed E-state index contributed by atoms with van der Waals surface area (Å²) in [6, 6.07) is 9.08. The Bertz CT molecular complexity index is 2190. The Morgan fingerprint density at radius 1 is 1.04 bits per heavy atom. The summed E-state index contributed by atoms with van der Waals surface area (Å²) in [6.07, 6.45) is 13.6. The molecule has 0 spiro atoms. The van der Waals surface area contributed by atoms with Crippen LogP contribution in [0.5, 0.6) is 11.8 Å². The van der Waals surface area contributed by atoms with Crippen LogP contribution < -0.4 is 25.9 Å². The van der Waals surface area contributed by atoms with E-state index in [9.17, 15) is 5.11 Å². The number of aliphatic imine (C=N–C) groups is 1. The second-order valence-electron chi connectivity index (χ2n) is 16.0. The Morgan fingerprint density at radius 3 is 2.56 bits per heavy atom. The normalized spacial score (nSPS) is 18.8. The number of unbranched alkanes of at least 4 members (excludes halogenated alkanes) is 3. The zero-order valence-electron chi connectivity index (χ0n) is 33.4. The lowest BCUT2D eigenvalue weighted by atomic mass is 9.81. The van der Waals surface area contributed by atoms with Gasteiger partial charge in [-0.2, -0.15) is 9.97 Å². The van der Waals surface area contributed by atoms with Gasteiger partial charge < -0.3 is 20.5 Å². The van der Waals surface area contributed by atoms with Crippen LogP contribution in [0.1, 0.15) is 105 Å². The maximum atomic E-state index is 15.5. The molecule has 0 fully saturated rings. The minimum absolute atomic E-state index is 0.00408. The van der Waals surface area contributed by atoms with Crippen LogP contribution in [0.2, 0.25) is 0 Å². The number of phenolic OH excluding ortho intramolecular Hbond substituents is 1. The minimum Gasteiger partial charge on any atom is -0.508 e. The molecule has 9 heteroatoms. The van der Waals surface area contributed by atoms with Crippen molar-refractivity contribution < 1.29 is 14.2 Å². The molecule has 3 atom stereocenters. The molecule has 0 bridgehead atoms. The summed E-state index contributed by atoms with van der Waals surface area (Å²) in [4.78, 5) is 22.9. The number of nitrogens with zero attached hydrogens (tertiary/aromatic N) is 5. The molecular formula is C45H59FN6O2. The van der Waals surface area contributed by atoms with E-state index < -0.39 is 0 Å².